The average molecular weight is 1160 g/mol. The molecule has 0 spiro atoms. The van der Waals surface area contributed by atoms with Gasteiger partial charge in [-0.2, -0.15) is 45.3 Å². The molecule has 3 unspecified atom stereocenters. The van der Waals surface area contributed by atoms with Gasteiger partial charge in [0.15, 0.2) is 15.5 Å². The van der Waals surface area contributed by atoms with Crippen molar-refractivity contribution in [1.29, 1.82) is 0 Å². The number of carboxylic acids is 2. The number of halogens is 11. The van der Waals surface area contributed by atoms with Crippen molar-refractivity contribution in [2.24, 2.45) is 5.92 Å². The number of fused-ring (bicyclic) bond motifs is 4. The van der Waals surface area contributed by atoms with E-state index < -0.39 is 192 Å². The van der Waals surface area contributed by atoms with Crippen molar-refractivity contribution in [3.8, 4) is 23.0 Å². The molecule has 2 aliphatic rings. The van der Waals surface area contributed by atoms with Crippen molar-refractivity contribution in [3.63, 3.8) is 0 Å². The molecular formula is C45H37ClF10N8O11S2. The number of carboxylic acid groups (broad SMARTS) is 2. The third kappa shape index (κ3) is 12.2. The number of aliphatic carboxylic acids is 2. The maximum absolute atomic E-state index is 15.6. The summed E-state index contributed by atoms with van der Waals surface area (Å²) >= 11 is 2.99. The number of pyridine rings is 1. The van der Waals surface area contributed by atoms with Crippen molar-refractivity contribution in [1.82, 2.24) is 39.5 Å². The number of hydrogen-bond donors (Lipinski definition) is 5. The second-order valence-electron chi connectivity index (χ2n) is 18.2. The summed E-state index contributed by atoms with van der Waals surface area (Å²) in [5, 5.41) is 28.5. The predicted molar refractivity (Wildman–Crippen MR) is 246 cm³/mol. The highest BCUT2D eigenvalue weighted by Gasteiger charge is 2.68. The summed E-state index contributed by atoms with van der Waals surface area (Å²) < 4.78 is 193. The lowest BCUT2D eigenvalue weighted by atomic mass is 9.93. The minimum Gasteiger partial charge on any atom is -0.481 e. The summed E-state index contributed by atoms with van der Waals surface area (Å²) in [6.45, 7) is -2.34. The normalized spacial score (nSPS) is 17.1. The minimum atomic E-state index is -5.26. The fourth-order valence-electron chi connectivity index (χ4n) is 8.50. The zero-order valence-electron chi connectivity index (χ0n) is 39.4. The monoisotopic (exact) mass is 1150 g/mol. The molecule has 5 atom stereocenters. The molecule has 32 heteroatoms. The molecule has 7 rings (SSSR count). The van der Waals surface area contributed by atoms with Gasteiger partial charge < -0.3 is 20.8 Å². The van der Waals surface area contributed by atoms with E-state index in [1.807, 2.05) is 0 Å². The molecule has 5 aromatic rings. The second-order valence-corrected chi connectivity index (χ2v) is 22.0. The fourth-order valence-corrected chi connectivity index (χ4v) is 9.46. The molecule has 3 amide bonds. The van der Waals surface area contributed by atoms with Gasteiger partial charge in [0.2, 0.25) is 5.91 Å². The summed E-state index contributed by atoms with van der Waals surface area (Å²) in [7, 11) is -3.95. The zero-order valence-corrected chi connectivity index (χ0v) is 41.7. The molecule has 1 fully saturated rings. The van der Waals surface area contributed by atoms with Crippen molar-refractivity contribution in [2.45, 2.75) is 93.8 Å². The molecule has 19 nitrogen and oxygen atoms in total. The van der Waals surface area contributed by atoms with Gasteiger partial charge in [0.1, 0.15) is 46.9 Å². The van der Waals surface area contributed by atoms with E-state index in [0.717, 1.165) is 42.7 Å². The number of aromatic nitrogens is 5. The van der Waals surface area contributed by atoms with Crippen molar-refractivity contribution < 1.29 is 95.3 Å². The van der Waals surface area contributed by atoms with E-state index in [1.54, 1.807) is 5.32 Å². The van der Waals surface area contributed by atoms with E-state index in [1.165, 1.54) is 13.8 Å². The van der Waals surface area contributed by atoms with Crippen LogP contribution in [0.15, 0.2) is 42.5 Å². The maximum atomic E-state index is 15.6. The van der Waals surface area contributed by atoms with Crippen LogP contribution in [0.2, 0.25) is 5.02 Å². The Morgan fingerprint density at radius 2 is 1.60 bits per heavy atom. The Labute approximate surface area is 434 Å². The highest BCUT2D eigenvalue weighted by molar-refractivity contribution is 7.92. The van der Waals surface area contributed by atoms with Crippen LogP contribution in [0.25, 0.3) is 22.0 Å². The number of nitrogens with zero attached hydrogens (tertiary/aromatic N) is 6. The van der Waals surface area contributed by atoms with Gasteiger partial charge in [-0.05, 0) is 74.4 Å². The Bertz CT molecular complexity index is 3480. The third-order valence-corrected chi connectivity index (χ3v) is 15.2. The van der Waals surface area contributed by atoms with Crippen molar-refractivity contribution in [2.75, 3.05) is 6.26 Å². The summed E-state index contributed by atoms with van der Waals surface area (Å²) in [5.41, 5.74) is -7.05. The lowest BCUT2D eigenvalue weighted by molar-refractivity contribution is -0.149. The molecule has 412 valence electrons. The Balaban J connectivity index is 1.43. The first-order valence-corrected chi connectivity index (χ1v) is 25.3. The van der Waals surface area contributed by atoms with E-state index in [-0.39, 0.29) is 36.9 Å². The van der Waals surface area contributed by atoms with Crippen LogP contribution in [-0.2, 0) is 83.2 Å². The predicted octanol–water partition coefficient (Wildman–Crippen LogP) is 5.80. The van der Waals surface area contributed by atoms with Crippen LogP contribution in [0, 0.1) is 29.4 Å². The molecule has 2 aliphatic carbocycles. The molecular weight excluding hydrogens is 1120 g/mol. The standard InChI is InChI=1S/C45H37ClF10N8O11S2/c1-42(2,77(3,74)75)9-8-22-4-5-23(24-6-7-27(46)34-30(60-63(36(24)34)18-43(49,50)51)16-64(76(72)73)40(69)39(68)59-29(41(70)71)15-32(66)67)35(57-22)28(12-19-10-20(47)13-21(48)11-19)58-31(65)17-62-38-33(37(61-62)45(54,55)56)25-14-26(25)44(38,52)53/h4-7,10-11,13,25-26,28-29H,12,14-18H2,1-3H3,(H,58,65)(H,59,68)(H,66,67)(H,70,71)(H,72,73)/t25-,26+,28?,29?/m0/s1. The summed E-state index contributed by atoms with van der Waals surface area (Å²) in [5.74, 6) is -13.1. The molecule has 0 bridgehead atoms. The molecule has 2 aromatic carbocycles. The average Bonchev–Trinajstić information content (AvgIpc) is 3.85. The lowest BCUT2D eigenvalue weighted by Gasteiger charge is -2.23. The Morgan fingerprint density at radius 1 is 0.961 bits per heavy atom. The number of sulfone groups is 1. The first-order valence-electron chi connectivity index (χ1n) is 22.0. The number of nitrogens with one attached hydrogen (secondary N) is 2. The molecule has 3 heterocycles. The van der Waals surface area contributed by atoms with Crippen LogP contribution in [0.4, 0.5) is 43.9 Å². The number of amides is 3. The summed E-state index contributed by atoms with van der Waals surface area (Å²) in [6.07, 6.45) is -12.0. The van der Waals surface area contributed by atoms with Gasteiger partial charge in [0, 0.05) is 40.3 Å². The minimum absolute atomic E-state index is 0.152. The molecule has 0 radical (unpaired) electrons. The number of carbonyl (C=O) groups excluding carboxylic acids is 3. The largest absolute Gasteiger partial charge is 0.481 e. The first kappa shape index (κ1) is 57.5. The lowest BCUT2D eigenvalue weighted by Crippen LogP contribution is -2.49. The second kappa shape index (κ2) is 20.7. The topological polar surface area (TPSA) is 273 Å². The molecule has 3 aromatic heterocycles. The van der Waals surface area contributed by atoms with Crippen LogP contribution in [-0.4, -0.2) is 109 Å². The Morgan fingerprint density at radius 3 is 2.17 bits per heavy atom. The van der Waals surface area contributed by atoms with E-state index in [0.29, 0.717) is 6.07 Å². The van der Waals surface area contributed by atoms with E-state index in [4.69, 9.17) is 16.7 Å². The van der Waals surface area contributed by atoms with Gasteiger partial charge in [0.05, 0.1) is 40.9 Å². The molecule has 0 aliphatic heterocycles. The van der Waals surface area contributed by atoms with E-state index in [9.17, 15) is 81.4 Å². The smallest absolute Gasteiger partial charge is 0.435 e. The highest BCUT2D eigenvalue weighted by atomic mass is 35.5. The molecule has 1 saturated carbocycles. The molecule has 77 heavy (non-hydrogen) atoms. The summed E-state index contributed by atoms with van der Waals surface area (Å²) in [6, 6.07) is 2.11. The van der Waals surface area contributed by atoms with Crippen LogP contribution >= 0.6 is 11.6 Å². The van der Waals surface area contributed by atoms with E-state index >= 15 is 8.78 Å². The van der Waals surface area contributed by atoms with Gasteiger partial charge in [-0.3, -0.25) is 33.1 Å². The number of benzene rings is 2. The number of carbonyl (C=O) groups is 5. The SMILES string of the molecule is CC(C)(C#Cc1ccc(-c2ccc(Cl)c3c(CN(C(=O)C(=O)NC(CC(=O)O)C(=O)O)S(=O)O)nn(CC(F)(F)F)c23)c(C(Cc2cc(F)cc(F)c2)NC(=O)Cn2nc(C(F)(F)F)c3c2C(F)(F)[C@@H]2C[C@H]32)n1)S(C)(=O)=O. The fraction of sp³-hybridized carbons (Fsp3) is 0.378. The number of hydrogen-bond acceptors (Lipinski definition) is 11. The molecule has 5 N–H and O–H groups in total. The van der Waals surface area contributed by atoms with Crippen LogP contribution < -0.4 is 10.6 Å². The van der Waals surface area contributed by atoms with Crippen LogP contribution in [0.3, 0.4) is 0 Å². The molecule has 0 saturated heterocycles. The Hall–Kier alpha value is -7.17. The van der Waals surface area contributed by atoms with Crippen LogP contribution in [0.5, 0.6) is 0 Å². The maximum Gasteiger partial charge on any atom is 0.435 e. The first-order chi connectivity index (χ1) is 35.5. The summed E-state index contributed by atoms with van der Waals surface area (Å²) in [4.78, 5) is 67.6. The van der Waals surface area contributed by atoms with Crippen molar-refractivity contribution in [3.05, 3.63) is 98.7 Å². The number of rotatable bonds is 16. The number of alkyl halides is 8. The van der Waals surface area contributed by atoms with E-state index in [2.05, 4.69) is 32.3 Å². The highest BCUT2D eigenvalue weighted by Crippen LogP contribution is 2.68. The van der Waals surface area contributed by atoms with Crippen LogP contribution in [0.1, 0.15) is 78.2 Å². The van der Waals surface area contributed by atoms with Gasteiger partial charge >= 0.3 is 36.1 Å². The van der Waals surface area contributed by atoms with Gasteiger partial charge in [-0.1, -0.05) is 23.6 Å². The van der Waals surface area contributed by atoms with Gasteiger partial charge in [0.25, 0.3) is 17.2 Å². The van der Waals surface area contributed by atoms with Gasteiger partial charge in [-0.15, -0.1) is 0 Å². The van der Waals surface area contributed by atoms with Crippen molar-refractivity contribution >= 4 is 73.3 Å². The Kier molecular flexibility index (Phi) is 15.4. The van der Waals surface area contributed by atoms with Gasteiger partial charge in [-0.25, -0.2) is 35.5 Å². The quantitative estimate of drug-likeness (QED) is 0.0338. The zero-order chi connectivity index (χ0) is 57.2. The third-order valence-electron chi connectivity index (χ3n) is 12.3.